The minimum atomic E-state index is -3.92. The quantitative estimate of drug-likeness (QED) is 0.413. The monoisotopic (exact) mass is 289 g/mol. The molecular formula is C10H10BF2NO6. The second-order valence-corrected chi connectivity index (χ2v) is 4.17. The summed E-state index contributed by atoms with van der Waals surface area (Å²) in [5.74, 6) is -4.41. The van der Waals surface area contributed by atoms with Gasteiger partial charge in [-0.15, -0.1) is 8.78 Å². The number of benzene rings is 1. The Balaban J connectivity index is 2.56. The zero-order valence-electron chi connectivity index (χ0n) is 10.1. The van der Waals surface area contributed by atoms with Crippen LogP contribution in [-0.4, -0.2) is 42.5 Å². The standard InChI is InChI=1S/C10H10BF2NO6/c1-18-5-2-4(8(11,15)9(14,16)17)3-6-7(5)20-10(12,13)19-6/h2-3,15-17H,14H2,1H3. The van der Waals surface area contributed by atoms with Gasteiger partial charge in [-0.1, -0.05) is 0 Å². The van der Waals surface area contributed by atoms with Gasteiger partial charge in [-0.25, -0.2) is 0 Å². The first-order chi connectivity index (χ1) is 8.98. The van der Waals surface area contributed by atoms with Crippen molar-refractivity contribution in [3.05, 3.63) is 17.7 Å². The van der Waals surface area contributed by atoms with Gasteiger partial charge in [0.05, 0.1) is 7.11 Å². The highest BCUT2D eigenvalue weighted by Crippen LogP contribution is 2.49. The second kappa shape index (κ2) is 4.19. The van der Waals surface area contributed by atoms with Gasteiger partial charge >= 0.3 is 6.29 Å². The SMILES string of the molecule is [B]C(O)(c1cc(OC)c2c(c1)OC(F)(F)O2)C(N)(O)O. The maximum atomic E-state index is 13.0. The molecule has 1 aromatic carbocycles. The van der Waals surface area contributed by atoms with E-state index in [4.69, 9.17) is 18.3 Å². The zero-order chi connectivity index (χ0) is 15.3. The minimum Gasteiger partial charge on any atom is -0.493 e. The summed E-state index contributed by atoms with van der Waals surface area (Å²) >= 11 is 0. The molecule has 20 heavy (non-hydrogen) atoms. The van der Waals surface area contributed by atoms with Gasteiger partial charge in [0.1, 0.15) is 13.3 Å². The fourth-order valence-corrected chi connectivity index (χ4v) is 1.60. The average molecular weight is 289 g/mol. The Morgan fingerprint density at radius 1 is 1.30 bits per heavy atom. The summed E-state index contributed by atoms with van der Waals surface area (Å²) < 4.78 is 39.2. The summed E-state index contributed by atoms with van der Waals surface area (Å²) in [6, 6.07) is 1.78. The molecule has 7 nitrogen and oxygen atoms in total. The van der Waals surface area contributed by atoms with Gasteiger partial charge in [0.2, 0.25) is 11.7 Å². The summed E-state index contributed by atoms with van der Waals surface area (Å²) in [7, 11) is 6.43. The summed E-state index contributed by atoms with van der Waals surface area (Å²) in [5.41, 5.74) is 1.62. The van der Waals surface area contributed by atoms with Crippen LogP contribution in [-0.2, 0) is 5.50 Å². The number of methoxy groups -OCH3 is 1. The number of aliphatic hydroxyl groups is 3. The summed E-state index contributed by atoms with van der Waals surface area (Å²) in [4.78, 5) is 0. The first kappa shape index (κ1) is 14.8. The third kappa shape index (κ3) is 2.26. The van der Waals surface area contributed by atoms with Crippen LogP contribution in [0.15, 0.2) is 12.1 Å². The molecule has 10 heteroatoms. The number of rotatable bonds is 3. The molecule has 1 unspecified atom stereocenters. The summed E-state index contributed by atoms with van der Waals surface area (Å²) in [6.07, 6.45) is -3.92. The van der Waals surface area contributed by atoms with Gasteiger partial charge in [0, 0.05) is 0 Å². The number of ether oxygens (including phenoxy) is 3. The van der Waals surface area contributed by atoms with Gasteiger partial charge in [0.15, 0.2) is 11.5 Å². The lowest BCUT2D eigenvalue weighted by Gasteiger charge is -2.34. The van der Waals surface area contributed by atoms with Crippen molar-refractivity contribution in [2.45, 2.75) is 17.7 Å². The summed E-state index contributed by atoms with van der Waals surface area (Å²) in [6.45, 7) is 0. The molecule has 1 aliphatic rings. The maximum absolute atomic E-state index is 13.0. The molecule has 0 bridgehead atoms. The van der Waals surface area contributed by atoms with Gasteiger partial charge in [-0.05, 0) is 17.7 Å². The molecule has 0 aromatic heterocycles. The topological polar surface area (TPSA) is 114 Å². The van der Waals surface area contributed by atoms with E-state index in [2.05, 4.69) is 9.47 Å². The van der Waals surface area contributed by atoms with Crippen molar-refractivity contribution in [3.63, 3.8) is 0 Å². The number of hydrogen-bond donors (Lipinski definition) is 4. The van der Waals surface area contributed by atoms with Crippen molar-refractivity contribution in [2.75, 3.05) is 7.11 Å². The Morgan fingerprint density at radius 2 is 1.90 bits per heavy atom. The number of alkyl halides is 2. The van der Waals surface area contributed by atoms with E-state index in [9.17, 15) is 24.1 Å². The lowest BCUT2D eigenvalue weighted by molar-refractivity contribution is -0.287. The van der Waals surface area contributed by atoms with Crippen LogP contribution in [0.25, 0.3) is 0 Å². The number of halogens is 2. The predicted octanol–water partition coefficient (Wildman–Crippen LogP) is -1.07. The van der Waals surface area contributed by atoms with Crippen LogP contribution in [0.1, 0.15) is 5.56 Å². The van der Waals surface area contributed by atoms with Gasteiger partial charge in [-0.2, -0.15) is 0 Å². The van der Waals surface area contributed by atoms with Crippen molar-refractivity contribution in [3.8, 4) is 17.2 Å². The van der Waals surface area contributed by atoms with E-state index < -0.39 is 34.8 Å². The molecular weight excluding hydrogens is 279 g/mol. The fourth-order valence-electron chi connectivity index (χ4n) is 1.60. The van der Waals surface area contributed by atoms with E-state index in [1.807, 2.05) is 0 Å². The van der Waals surface area contributed by atoms with Gasteiger partial charge < -0.3 is 29.5 Å². The number of fused-ring (bicyclic) bond motifs is 1. The fraction of sp³-hybridized carbons (Fsp3) is 0.400. The molecule has 2 radical (unpaired) electrons. The molecule has 108 valence electrons. The molecule has 1 aliphatic heterocycles. The molecule has 1 heterocycles. The Labute approximate surface area is 112 Å². The number of nitrogens with two attached hydrogens (primary N) is 1. The molecule has 1 atom stereocenters. The van der Waals surface area contributed by atoms with E-state index in [0.29, 0.717) is 0 Å². The first-order valence-corrected chi connectivity index (χ1v) is 5.21. The highest BCUT2D eigenvalue weighted by atomic mass is 19.3. The second-order valence-electron chi connectivity index (χ2n) is 4.17. The van der Waals surface area contributed by atoms with Crippen LogP contribution in [0.3, 0.4) is 0 Å². The predicted molar refractivity (Wildman–Crippen MR) is 60.2 cm³/mol. The van der Waals surface area contributed by atoms with Crippen molar-refractivity contribution >= 4 is 7.85 Å². The molecule has 2 rings (SSSR count). The van der Waals surface area contributed by atoms with Crippen LogP contribution in [0.4, 0.5) is 8.78 Å². The maximum Gasteiger partial charge on any atom is 0.586 e. The van der Waals surface area contributed by atoms with Crippen molar-refractivity contribution in [1.82, 2.24) is 0 Å². The van der Waals surface area contributed by atoms with Gasteiger partial charge in [-0.3, -0.25) is 5.73 Å². The molecule has 1 aromatic rings. The third-order valence-electron chi connectivity index (χ3n) is 2.69. The molecule has 0 aliphatic carbocycles. The highest BCUT2D eigenvalue weighted by Gasteiger charge is 2.48. The first-order valence-electron chi connectivity index (χ1n) is 5.21. The van der Waals surface area contributed by atoms with Crippen molar-refractivity contribution in [2.24, 2.45) is 5.73 Å². The van der Waals surface area contributed by atoms with Crippen LogP contribution in [0.5, 0.6) is 17.2 Å². The molecule has 0 saturated heterocycles. The molecule has 5 N–H and O–H groups in total. The largest absolute Gasteiger partial charge is 0.586 e. The molecule has 0 fully saturated rings. The molecule has 0 saturated carbocycles. The lowest BCUT2D eigenvalue weighted by Crippen LogP contribution is -2.59. The van der Waals surface area contributed by atoms with Gasteiger partial charge in [0.25, 0.3) is 0 Å². The van der Waals surface area contributed by atoms with Crippen LogP contribution >= 0.6 is 0 Å². The average Bonchev–Trinajstić information content (AvgIpc) is 2.59. The Bertz CT molecular complexity index is 545. The Morgan fingerprint density at radius 3 is 2.40 bits per heavy atom. The molecule has 0 spiro atoms. The van der Waals surface area contributed by atoms with E-state index in [0.717, 1.165) is 19.2 Å². The smallest absolute Gasteiger partial charge is 0.493 e. The van der Waals surface area contributed by atoms with Crippen LogP contribution < -0.4 is 19.9 Å². The van der Waals surface area contributed by atoms with Crippen LogP contribution in [0.2, 0.25) is 0 Å². The van der Waals surface area contributed by atoms with E-state index >= 15 is 0 Å². The Kier molecular flexibility index (Phi) is 3.10. The van der Waals surface area contributed by atoms with E-state index in [-0.39, 0.29) is 5.75 Å². The molecule has 0 amide bonds. The Hall–Kier alpha value is -1.62. The van der Waals surface area contributed by atoms with Crippen molar-refractivity contribution in [1.29, 1.82) is 0 Å². The van der Waals surface area contributed by atoms with Crippen LogP contribution in [0, 0.1) is 0 Å². The van der Waals surface area contributed by atoms with Crippen molar-refractivity contribution < 1.29 is 38.3 Å². The van der Waals surface area contributed by atoms with E-state index in [1.54, 1.807) is 0 Å². The minimum absolute atomic E-state index is 0.261. The normalized spacial score (nSPS) is 19.6. The summed E-state index contributed by atoms with van der Waals surface area (Å²) in [5, 5.41) is 28.2. The highest BCUT2D eigenvalue weighted by molar-refractivity contribution is 6.15. The third-order valence-corrected chi connectivity index (χ3v) is 2.69. The zero-order valence-corrected chi connectivity index (χ0v) is 10.1. The number of hydrogen-bond acceptors (Lipinski definition) is 7. The lowest BCUT2D eigenvalue weighted by atomic mass is 9.72. The van der Waals surface area contributed by atoms with E-state index in [1.165, 1.54) is 0 Å².